The largest absolute Gasteiger partial charge is 0.296 e. The maximum absolute atomic E-state index is 12.5. The third kappa shape index (κ3) is 3.88. The molecule has 1 aliphatic rings. The van der Waals surface area contributed by atoms with Gasteiger partial charge in [0.05, 0.1) is 11.9 Å². The van der Waals surface area contributed by atoms with Gasteiger partial charge in [-0.2, -0.15) is 0 Å². The van der Waals surface area contributed by atoms with E-state index in [1.165, 1.54) is 21.9 Å². The van der Waals surface area contributed by atoms with Crippen LogP contribution in [0.4, 0.5) is 10.8 Å². The van der Waals surface area contributed by atoms with E-state index in [4.69, 9.17) is 0 Å². The number of nitrogens with one attached hydrogen (secondary N) is 1. The Balaban J connectivity index is 1.76. The number of nitrogens with zero attached hydrogens (tertiary/aromatic N) is 3. The highest BCUT2D eigenvalue weighted by atomic mass is 32.2. The molecule has 0 saturated carbocycles. The summed E-state index contributed by atoms with van der Waals surface area (Å²) in [5.41, 5.74) is 1.99. The predicted molar refractivity (Wildman–Crippen MR) is 103 cm³/mol. The molecule has 0 saturated heterocycles. The number of hydrogen-bond acceptors (Lipinski definition) is 6. The first-order chi connectivity index (χ1) is 12.3. The number of aromatic nitrogens is 2. The van der Waals surface area contributed by atoms with Crippen LogP contribution in [0.15, 0.2) is 18.2 Å². The van der Waals surface area contributed by atoms with E-state index in [1.807, 2.05) is 6.92 Å². The lowest BCUT2D eigenvalue weighted by atomic mass is 10.1. The zero-order valence-corrected chi connectivity index (χ0v) is 16.7. The molecule has 1 unspecified atom stereocenters. The molecule has 1 aromatic carbocycles. The number of carbonyl (C=O) groups is 1. The standard InChI is InChI=1S/C17H22N4O3S2/c1-4-5-6-15-19-20-17(25-15)18-16(22)12-7-8-14-13(10-12)9-11(2)21(14)26(3,23)24/h7-8,10-11H,4-6,9H2,1-3H3,(H,18,20,22). The number of amides is 1. The summed E-state index contributed by atoms with van der Waals surface area (Å²) in [6.07, 6.45) is 4.78. The van der Waals surface area contributed by atoms with Crippen LogP contribution in [0.5, 0.6) is 0 Å². The smallest absolute Gasteiger partial charge is 0.257 e. The Labute approximate surface area is 157 Å². The quantitative estimate of drug-likeness (QED) is 0.813. The Morgan fingerprint density at radius 2 is 2.15 bits per heavy atom. The Morgan fingerprint density at radius 3 is 2.85 bits per heavy atom. The van der Waals surface area contributed by atoms with Gasteiger partial charge in [0.2, 0.25) is 15.2 Å². The molecule has 1 aliphatic heterocycles. The summed E-state index contributed by atoms with van der Waals surface area (Å²) in [4.78, 5) is 12.5. The van der Waals surface area contributed by atoms with Crippen molar-refractivity contribution in [3.63, 3.8) is 0 Å². The molecule has 140 valence electrons. The highest BCUT2D eigenvalue weighted by Crippen LogP contribution is 2.34. The van der Waals surface area contributed by atoms with E-state index < -0.39 is 10.0 Å². The molecule has 7 nitrogen and oxygen atoms in total. The minimum absolute atomic E-state index is 0.150. The van der Waals surface area contributed by atoms with Gasteiger partial charge in [-0.05, 0) is 43.5 Å². The van der Waals surface area contributed by atoms with Gasteiger partial charge in [-0.1, -0.05) is 24.7 Å². The number of benzene rings is 1. The Hall–Kier alpha value is -2.00. The molecule has 2 heterocycles. The second-order valence-electron chi connectivity index (χ2n) is 6.51. The molecule has 1 atom stereocenters. The summed E-state index contributed by atoms with van der Waals surface area (Å²) < 4.78 is 25.4. The Bertz CT molecular complexity index is 924. The molecule has 1 N–H and O–H groups in total. The molecule has 1 amide bonds. The Morgan fingerprint density at radius 1 is 1.38 bits per heavy atom. The van der Waals surface area contributed by atoms with Gasteiger partial charge in [-0.25, -0.2) is 8.42 Å². The molecule has 0 bridgehead atoms. The molecule has 3 rings (SSSR count). The topological polar surface area (TPSA) is 92.3 Å². The first-order valence-electron chi connectivity index (χ1n) is 8.55. The van der Waals surface area contributed by atoms with Crippen LogP contribution in [0.25, 0.3) is 0 Å². The number of carbonyl (C=O) groups excluding carboxylic acids is 1. The lowest BCUT2D eigenvalue weighted by molar-refractivity contribution is 0.102. The van der Waals surface area contributed by atoms with E-state index >= 15 is 0 Å². The van der Waals surface area contributed by atoms with Crippen molar-refractivity contribution in [2.45, 2.75) is 45.6 Å². The van der Waals surface area contributed by atoms with Gasteiger partial charge in [-0.3, -0.25) is 14.4 Å². The molecule has 2 aromatic rings. The third-order valence-corrected chi connectivity index (χ3v) is 6.45. The Kier molecular flexibility index (Phi) is 5.29. The van der Waals surface area contributed by atoms with Crippen LogP contribution in [0.1, 0.15) is 47.6 Å². The maximum Gasteiger partial charge on any atom is 0.257 e. The minimum atomic E-state index is -3.34. The van der Waals surface area contributed by atoms with Crippen molar-refractivity contribution in [2.75, 3.05) is 15.9 Å². The van der Waals surface area contributed by atoms with Crippen molar-refractivity contribution in [3.8, 4) is 0 Å². The van der Waals surface area contributed by atoms with Crippen molar-refractivity contribution >= 4 is 38.1 Å². The molecule has 0 fully saturated rings. The average molecular weight is 395 g/mol. The summed E-state index contributed by atoms with van der Waals surface area (Å²) in [6, 6.07) is 4.94. The van der Waals surface area contributed by atoms with Gasteiger partial charge in [0.15, 0.2) is 0 Å². The van der Waals surface area contributed by atoms with Gasteiger partial charge in [0, 0.05) is 18.0 Å². The van der Waals surface area contributed by atoms with E-state index in [0.29, 0.717) is 22.8 Å². The maximum atomic E-state index is 12.5. The van der Waals surface area contributed by atoms with Crippen LogP contribution in [0.2, 0.25) is 0 Å². The summed E-state index contributed by atoms with van der Waals surface area (Å²) in [5.74, 6) is -0.267. The van der Waals surface area contributed by atoms with Crippen molar-refractivity contribution in [1.82, 2.24) is 10.2 Å². The monoisotopic (exact) mass is 394 g/mol. The number of hydrogen-bond donors (Lipinski definition) is 1. The third-order valence-electron chi connectivity index (χ3n) is 4.28. The highest BCUT2D eigenvalue weighted by molar-refractivity contribution is 7.92. The fraction of sp³-hybridized carbons (Fsp3) is 0.471. The number of sulfonamides is 1. The first kappa shape index (κ1) is 18.8. The molecule has 1 aromatic heterocycles. The van der Waals surface area contributed by atoms with E-state index in [9.17, 15) is 13.2 Å². The van der Waals surface area contributed by atoms with Crippen LogP contribution in [0, 0.1) is 0 Å². The van der Waals surface area contributed by atoms with E-state index in [1.54, 1.807) is 18.2 Å². The summed E-state index contributed by atoms with van der Waals surface area (Å²) in [5, 5.41) is 12.3. The van der Waals surface area contributed by atoms with E-state index in [2.05, 4.69) is 22.4 Å². The van der Waals surface area contributed by atoms with Gasteiger partial charge in [0.25, 0.3) is 5.91 Å². The van der Waals surface area contributed by atoms with Crippen molar-refractivity contribution in [1.29, 1.82) is 0 Å². The second-order valence-corrected chi connectivity index (χ2v) is 9.44. The molecule has 0 radical (unpaired) electrons. The molecule has 0 aliphatic carbocycles. The number of unbranched alkanes of at least 4 members (excludes halogenated alkanes) is 1. The lowest BCUT2D eigenvalue weighted by Crippen LogP contribution is -2.34. The summed E-state index contributed by atoms with van der Waals surface area (Å²) in [7, 11) is -3.34. The van der Waals surface area contributed by atoms with Gasteiger partial charge in [-0.15, -0.1) is 10.2 Å². The summed E-state index contributed by atoms with van der Waals surface area (Å²) >= 11 is 1.38. The second kappa shape index (κ2) is 7.32. The summed E-state index contributed by atoms with van der Waals surface area (Å²) in [6.45, 7) is 3.98. The molecule has 9 heteroatoms. The van der Waals surface area contributed by atoms with Crippen LogP contribution < -0.4 is 9.62 Å². The van der Waals surface area contributed by atoms with Crippen molar-refractivity contribution < 1.29 is 13.2 Å². The lowest BCUT2D eigenvalue weighted by Gasteiger charge is -2.21. The SMILES string of the molecule is CCCCc1nnc(NC(=O)c2ccc3c(c2)CC(C)N3S(C)(=O)=O)s1. The van der Waals surface area contributed by atoms with Gasteiger partial charge >= 0.3 is 0 Å². The number of aryl methyl sites for hydroxylation is 1. The minimum Gasteiger partial charge on any atom is -0.296 e. The zero-order valence-electron chi connectivity index (χ0n) is 15.0. The molecule has 0 spiro atoms. The molecular formula is C17H22N4O3S2. The van der Waals surface area contributed by atoms with Crippen molar-refractivity contribution in [3.05, 3.63) is 34.3 Å². The average Bonchev–Trinajstić information content (AvgIpc) is 3.14. The normalized spacial score (nSPS) is 16.6. The van der Waals surface area contributed by atoms with Crippen LogP contribution in [-0.2, 0) is 22.9 Å². The van der Waals surface area contributed by atoms with Crippen LogP contribution in [-0.4, -0.2) is 36.8 Å². The number of rotatable bonds is 6. The number of anilines is 2. The van der Waals surface area contributed by atoms with Crippen LogP contribution >= 0.6 is 11.3 Å². The molecular weight excluding hydrogens is 372 g/mol. The van der Waals surface area contributed by atoms with Gasteiger partial charge < -0.3 is 0 Å². The fourth-order valence-electron chi connectivity index (χ4n) is 3.15. The number of fused-ring (bicyclic) bond motifs is 1. The highest BCUT2D eigenvalue weighted by Gasteiger charge is 2.32. The predicted octanol–water partition coefficient (Wildman–Crippen LogP) is 2.84. The van der Waals surface area contributed by atoms with Crippen molar-refractivity contribution in [2.24, 2.45) is 0 Å². The van der Waals surface area contributed by atoms with Crippen LogP contribution in [0.3, 0.4) is 0 Å². The zero-order chi connectivity index (χ0) is 18.9. The fourth-order valence-corrected chi connectivity index (χ4v) is 5.19. The van der Waals surface area contributed by atoms with Gasteiger partial charge in [0.1, 0.15) is 5.01 Å². The van der Waals surface area contributed by atoms with E-state index in [0.717, 1.165) is 29.8 Å². The van der Waals surface area contributed by atoms with E-state index in [-0.39, 0.29) is 11.9 Å². The molecule has 26 heavy (non-hydrogen) atoms. The first-order valence-corrected chi connectivity index (χ1v) is 11.2.